The summed E-state index contributed by atoms with van der Waals surface area (Å²) in [5.41, 5.74) is 7.43. The van der Waals surface area contributed by atoms with Gasteiger partial charge in [-0.05, 0) is 35.6 Å². The van der Waals surface area contributed by atoms with Crippen molar-refractivity contribution in [2.75, 3.05) is 0 Å². The molecule has 0 aliphatic carbocycles. The van der Waals surface area contributed by atoms with Crippen LogP contribution in [0.15, 0.2) is 54.6 Å². The summed E-state index contributed by atoms with van der Waals surface area (Å²) in [7, 11) is 0. The summed E-state index contributed by atoms with van der Waals surface area (Å²) in [6.07, 6.45) is 0. The Labute approximate surface area is 123 Å². The lowest BCUT2D eigenvalue weighted by Crippen LogP contribution is -1.98. The average molecular weight is 281 g/mol. The maximum absolute atomic E-state index is 13.6. The van der Waals surface area contributed by atoms with E-state index in [0.29, 0.717) is 23.6 Å². The molecule has 3 heteroatoms. The number of benzene rings is 3. The van der Waals surface area contributed by atoms with Gasteiger partial charge in [0.25, 0.3) is 0 Å². The third-order valence-corrected chi connectivity index (χ3v) is 3.57. The Kier molecular flexibility index (Phi) is 3.59. The number of hydrogen-bond donors (Lipinski definition) is 1. The molecule has 0 saturated carbocycles. The second kappa shape index (κ2) is 5.54. The molecule has 0 aliphatic heterocycles. The lowest BCUT2D eigenvalue weighted by atomic mass is 10.0. The molecule has 0 aromatic heterocycles. The van der Waals surface area contributed by atoms with Crippen LogP contribution < -0.4 is 10.5 Å². The minimum absolute atomic E-state index is 0.268. The average Bonchev–Trinajstić information content (AvgIpc) is 2.51. The second-order valence-electron chi connectivity index (χ2n) is 4.99. The summed E-state index contributed by atoms with van der Waals surface area (Å²) in [4.78, 5) is 0. The molecule has 2 N–H and O–H groups in total. The Bertz CT molecular complexity index is 798. The number of fused-ring (bicyclic) bond motifs is 1. The van der Waals surface area contributed by atoms with E-state index >= 15 is 0 Å². The van der Waals surface area contributed by atoms with Crippen LogP contribution in [0.1, 0.15) is 11.1 Å². The van der Waals surface area contributed by atoms with Gasteiger partial charge in [-0.25, -0.2) is 4.39 Å². The normalized spacial score (nSPS) is 10.8. The van der Waals surface area contributed by atoms with Crippen LogP contribution in [0.3, 0.4) is 0 Å². The predicted octanol–water partition coefficient (Wildman–Crippen LogP) is 4.54. The van der Waals surface area contributed by atoms with Crippen LogP contribution in [-0.4, -0.2) is 0 Å². The number of aryl methyl sites for hydroxylation is 1. The Morgan fingerprint density at radius 3 is 2.48 bits per heavy atom. The van der Waals surface area contributed by atoms with Crippen molar-refractivity contribution >= 4 is 10.8 Å². The third kappa shape index (κ3) is 2.60. The molecule has 3 aromatic rings. The van der Waals surface area contributed by atoms with Crippen LogP contribution in [0.5, 0.6) is 11.5 Å². The summed E-state index contributed by atoms with van der Waals surface area (Å²) < 4.78 is 19.5. The first-order valence-corrected chi connectivity index (χ1v) is 6.84. The number of hydrogen-bond acceptors (Lipinski definition) is 2. The zero-order valence-electron chi connectivity index (χ0n) is 11.8. The molecule has 0 fully saturated rings. The second-order valence-corrected chi connectivity index (χ2v) is 4.99. The summed E-state index contributed by atoms with van der Waals surface area (Å²) >= 11 is 0. The molecule has 0 unspecified atom stereocenters. The molecule has 0 saturated heterocycles. The summed E-state index contributed by atoms with van der Waals surface area (Å²) in [5, 5.41) is 2.03. The highest BCUT2D eigenvalue weighted by molar-refractivity contribution is 5.91. The van der Waals surface area contributed by atoms with Crippen LogP contribution in [0, 0.1) is 12.7 Å². The van der Waals surface area contributed by atoms with Gasteiger partial charge in [-0.2, -0.15) is 0 Å². The van der Waals surface area contributed by atoms with E-state index in [-0.39, 0.29) is 5.82 Å². The molecule has 0 atom stereocenters. The Morgan fingerprint density at radius 2 is 1.76 bits per heavy atom. The fourth-order valence-electron chi connectivity index (χ4n) is 2.36. The molecule has 0 bridgehead atoms. The van der Waals surface area contributed by atoms with Gasteiger partial charge in [-0.1, -0.05) is 36.4 Å². The van der Waals surface area contributed by atoms with Gasteiger partial charge < -0.3 is 10.5 Å². The summed E-state index contributed by atoms with van der Waals surface area (Å²) in [5.74, 6) is 0.921. The van der Waals surface area contributed by atoms with E-state index in [0.717, 1.165) is 16.3 Å². The Morgan fingerprint density at radius 1 is 1.00 bits per heavy atom. The maximum Gasteiger partial charge on any atom is 0.135 e. The standard InChI is InChI=1S/C18H16FNO/c1-12-6-8-14(10-17(12)19)21-18-9-7-13(11-20)15-4-2-3-5-16(15)18/h2-10H,11,20H2,1H3. The fraction of sp³-hybridized carbons (Fsp3) is 0.111. The molecule has 106 valence electrons. The van der Waals surface area contributed by atoms with Gasteiger partial charge >= 0.3 is 0 Å². The molecular weight excluding hydrogens is 265 g/mol. The van der Waals surface area contributed by atoms with Crippen molar-refractivity contribution in [3.8, 4) is 11.5 Å². The van der Waals surface area contributed by atoms with Gasteiger partial charge in [0.05, 0.1) is 0 Å². The highest BCUT2D eigenvalue weighted by Crippen LogP contribution is 2.32. The lowest BCUT2D eigenvalue weighted by Gasteiger charge is -2.12. The minimum atomic E-state index is -0.268. The van der Waals surface area contributed by atoms with E-state index in [1.807, 2.05) is 36.4 Å². The van der Waals surface area contributed by atoms with Crippen LogP contribution >= 0.6 is 0 Å². The van der Waals surface area contributed by atoms with Gasteiger partial charge in [-0.3, -0.25) is 0 Å². The van der Waals surface area contributed by atoms with E-state index in [1.54, 1.807) is 19.1 Å². The van der Waals surface area contributed by atoms with Crippen molar-refractivity contribution in [2.45, 2.75) is 13.5 Å². The Balaban J connectivity index is 2.06. The molecule has 0 radical (unpaired) electrons. The maximum atomic E-state index is 13.6. The molecule has 2 nitrogen and oxygen atoms in total. The van der Waals surface area contributed by atoms with Gasteiger partial charge in [0.2, 0.25) is 0 Å². The van der Waals surface area contributed by atoms with E-state index in [9.17, 15) is 4.39 Å². The number of nitrogens with two attached hydrogens (primary N) is 1. The van der Waals surface area contributed by atoms with Gasteiger partial charge in [0, 0.05) is 18.0 Å². The molecule has 0 spiro atoms. The smallest absolute Gasteiger partial charge is 0.135 e. The third-order valence-electron chi connectivity index (χ3n) is 3.57. The molecule has 0 aliphatic rings. The molecule has 3 aromatic carbocycles. The number of ether oxygens (including phenoxy) is 1. The molecule has 0 amide bonds. The van der Waals surface area contributed by atoms with E-state index < -0.39 is 0 Å². The lowest BCUT2D eigenvalue weighted by molar-refractivity contribution is 0.481. The van der Waals surface area contributed by atoms with Gasteiger partial charge in [0.15, 0.2) is 0 Å². The first kappa shape index (κ1) is 13.6. The molecule has 3 rings (SSSR count). The highest BCUT2D eigenvalue weighted by Gasteiger charge is 2.08. The predicted molar refractivity (Wildman–Crippen MR) is 83.1 cm³/mol. The van der Waals surface area contributed by atoms with Gasteiger partial charge in [-0.15, -0.1) is 0 Å². The number of rotatable bonds is 3. The number of halogens is 1. The zero-order chi connectivity index (χ0) is 14.8. The van der Waals surface area contributed by atoms with Crippen molar-refractivity contribution in [3.63, 3.8) is 0 Å². The molecular formula is C18H16FNO. The monoisotopic (exact) mass is 281 g/mol. The van der Waals surface area contributed by atoms with Crippen LogP contribution in [0.2, 0.25) is 0 Å². The minimum Gasteiger partial charge on any atom is -0.457 e. The van der Waals surface area contributed by atoms with Crippen LogP contribution in [0.4, 0.5) is 4.39 Å². The molecule has 0 heterocycles. The fourth-order valence-corrected chi connectivity index (χ4v) is 2.36. The summed E-state index contributed by atoms with van der Waals surface area (Å²) in [6.45, 7) is 2.20. The van der Waals surface area contributed by atoms with Crippen molar-refractivity contribution in [1.82, 2.24) is 0 Å². The largest absolute Gasteiger partial charge is 0.457 e. The molecule has 21 heavy (non-hydrogen) atoms. The van der Waals surface area contributed by atoms with Crippen molar-refractivity contribution in [3.05, 3.63) is 71.5 Å². The van der Waals surface area contributed by atoms with Crippen molar-refractivity contribution in [2.24, 2.45) is 5.73 Å². The quantitative estimate of drug-likeness (QED) is 0.765. The van der Waals surface area contributed by atoms with Gasteiger partial charge in [0.1, 0.15) is 17.3 Å². The first-order chi connectivity index (χ1) is 10.2. The topological polar surface area (TPSA) is 35.2 Å². The van der Waals surface area contributed by atoms with Crippen LogP contribution in [-0.2, 0) is 6.54 Å². The zero-order valence-corrected chi connectivity index (χ0v) is 11.8. The van der Waals surface area contributed by atoms with Crippen molar-refractivity contribution < 1.29 is 9.13 Å². The van der Waals surface area contributed by atoms with E-state index in [4.69, 9.17) is 10.5 Å². The van der Waals surface area contributed by atoms with Crippen LogP contribution in [0.25, 0.3) is 10.8 Å². The van der Waals surface area contributed by atoms with E-state index in [1.165, 1.54) is 6.07 Å². The van der Waals surface area contributed by atoms with E-state index in [2.05, 4.69) is 0 Å². The van der Waals surface area contributed by atoms with Crippen molar-refractivity contribution in [1.29, 1.82) is 0 Å². The SMILES string of the molecule is Cc1ccc(Oc2ccc(CN)c3ccccc23)cc1F. The first-order valence-electron chi connectivity index (χ1n) is 6.84. The Hall–Kier alpha value is -2.39. The highest BCUT2D eigenvalue weighted by atomic mass is 19.1. The summed E-state index contributed by atoms with van der Waals surface area (Å²) in [6, 6.07) is 16.6.